The van der Waals surface area contributed by atoms with Crippen LogP contribution in [-0.2, 0) is 6.42 Å². The van der Waals surface area contributed by atoms with Crippen molar-refractivity contribution in [1.82, 2.24) is 0 Å². The average Bonchev–Trinajstić information content (AvgIpc) is 2.48. The van der Waals surface area contributed by atoms with Gasteiger partial charge in [-0.3, -0.25) is 4.79 Å². The van der Waals surface area contributed by atoms with Crippen LogP contribution in [0.1, 0.15) is 15.9 Å². The number of rotatable bonds is 5. The largest absolute Gasteiger partial charge is 0.497 e. The van der Waals surface area contributed by atoms with Crippen LogP contribution in [-0.4, -0.2) is 20.0 Å². The zero-order chi connectivity index (χ0) is 14.5. The van der Waals surface area contributed by atoms with Crippen molar-refractivity contribution in [2.45, 2.75) is 6.42 Å². The molecule has 2 aromatic carbocycles. The first kappa shape index (κ1) is 14.6. The number of halogens is 1. The molecule has 0 saturated carbocycles. The zero-order valence-corrected chi connectivity index (χ0v) is 12.9. The molecule has 0 fully saturated rings. The van der Waals surface area contributed by atoms with E-state index >= 15 is 0 Å². The number of carbonyl (C=O) groups excluding carboxylic acids is 1. The fraction of sp³-hybridized carbons (Fsp3) is 0.188. The van der Waals surface area contributed by atoms with Crippen LogP contribution in [0, 0.1) is 0 Å². The van der Waals surface area contributed by atoms with Gasteiger partial charge in [-0.15, -0.1) is 0 Å². The Morgan fingerprint density at radius 3 is 2.20 bits per heavy atom. The minimum Gasteiger partial charge on any atom is -0.497 e. The van der Waals surface area contributed by atoms with Crippen molar-refractivity contribution in [3.8, 4) is 11.5 Å². The van der Waals surface area contributed by atoms with Gasteiger partial charge in [0, 0.05) is 16.5 Å². The van der Waals surface area contributed by atoms with E-state index in [0.717, 1.165) is 15.8 Å². The molecule has 0 bridgehead atoms. The number of hydrogen-bond donors (Lipinski definition) is 0. The summed E-state index contributed by atoms with van der Waals surface area (Å²) < 4.78 is 11.0. The minimum absolute atomic E-state index is 0.0425. The quantitative estimate of drug-likeness (QED) is 0.778. The van der Waals surface area contributed by atoms with E-state index < -0.39 is 0 Å². The molecule has 0 aliphatic rings. The molecular weight excluding hydrogens is 320 g/mol. The second-order valence-electron chi connectivity index (χ2n) is 4.29. The van der Waals surface area contributed by atoms with E-state index in [1.165, 1.54) is 0 Å². The van der Waals surface area contributed by atoms with Gasteiger partial charge in [0.25, 0.3) is 0 Å². The number of methoxy groups -OCH3 is 2. The number of Topliss-reactive ketones (excluding diaryl/α,β-unsaturated/α-hetero) is 1. The lowest BCUT2D eigenvalue weighted by atomic mass is 10.0. The second-order valence-corrected chi connectivity index (χ2v) is 5.15. The van der Waals surface area contributed by atoms with Crippen LogP contribution in [0.4, 0.5) is 0 Å². The molecule has 104 valence electrons. The molecular formula is C16H15BrO3. The Morgan fingerprint density at radius 2 is 1.60 bits per heavy atom. The van der Waals surface area contributed by atoms with E-state index in [4.69, 9.17) is 9.47 Å². The fourth-order valence-corrected chi connectivity index (χ4v) is 2.34. The molecule has 0 saturated heterocycles. The number of benzene rings is 2. The van der Waals surface area contributed by atoms with E-state index in [2.05, 4.69) is 15.9 Å². The Balaban J connectivity index is 2.18. The van der Waals surface area contributed by atoms with Gasteiger partial charge in [0.1, 0.15) is 11.5 Å². The summed E-state index contributed by atoms with van der Waals surface area (Å²) in [5.74, 6) is 1.50. The van der Waals surface area contributed by atoms with E-state index in [1.54, 1.807) is 20.3 Å². The first-order valence-corrected chi connectivity index (χ1v) is 6.93. The van der Waals surface area contributed by atoms with Crippen molar-refractivity contribution in [2.24, 2.45) is 0 Å². The maximum atomic E-state index is 12.3. The van der Waals surface area contributed by atoms with E-state index in [-0.39, 0.29) is 5.78 Å². The highest BCUT2D eigenvalue weighted by Gasteiger charge is 2.12. The molecule has 0 aliphatic heterocycles. The van der Waals surface area contributed by atoms with Gasteiger partial charge >= 0.3 is 0 Å². The summed E-state index contributed by atoms with van der Waals surface area (Å²) in [7, 11) is 3.20. The third kappa shape index (κ3) is 3.39. The average molecular weight is 335 g/mol. The molecule has 0 N–H and O–H groups in total. The third-order valence-electron chi connectivity index (χ3n) is 3.00. The molecule has 0 unspecified atom stereocenters. The summed E-state index contributed by atoms with van der Waals surface area (Å²) in [4.78, 5) is 12.3. The Morgan fingerprint density at radius 1 is 1.00 bits per heavy atom. The van der Waals surface area contributed by atoms with Gasteiger partial charge in [0.05, 0.1) is 14.2 Å². The Bertz CT molecular complexity index is 606. The highest BCUT2D eigenvalue weighted by Crippen LogP contribution is 2.24. The van der Waals surface area contributed by atoms with Crippen LogP contribution in [0.2, 0.25) is 0 Å². The van der Waals surface area contributed by atoms with Gasteiger partial charge in [-0.1, -0.05) is 28.1 Å². The first-order chi connectivity index (χ1) is 9.63. The van der Waals surface area contributed by atoms with Crippen molar-refractivity contribution in [3.63, 3.8) is 0 Å². The van der Waals surface area contributed by atoms with Crippen LogP contribution in [0.15, 0.2) is 46.9 Å². The molecule has 0 heterocycles. The van der Waals surface area contributed by atoms with Gasteiger partial charge in [-0.2, -0.15) is 0 Å². The predicted octanol–water partition coefficient (Wildman–Crippen LogP) is 3.89. The number of ketones is 1. The molecule has 20 heavy (non-hydrogen) atoms. The summed E-state index contributed by atoms with van der Waals surface area (Å²) in [6.45, 7) is 0. The van der Waals surface area contributed by atoms with Crippen LogP contribution < -0.4 is 9.47 Å². The van der Waals surface area contributed by atoms with Crippen LogP contribution in [0.3, 0.4) is 0 Å². The molecule has 0 atom stereocenters. The highest BCUT2D eigenvalue weighted by atomic mass is 79.9. The lowest BCUT2D eigenvalue weighted by molar-refractivity contribution is 0.0992. The van der Waals surface area contributed by atoms with Crippen molar-refractivity contribution in [1.29, 1.82) is 0 Å². The smallest absolute Gasteiger partial charge is 0.168 e. The molecule has 0 aromatic heterocycles. The lowest BCUT2D eigenvalue weighted by Crippen LogP contribution is -2.05. The fourth-order valence-electron chi connectivity index (χ4n) is 1.87. The molecule has 2 rings (SSSR count). The van der Waals surface area contributed by atoms with Crippen molar-refractivity contribution in [2.75, 3.05) is 14.2 Å². The maximum Gasteiger partial charge on any atom is 0.168 e. The van der Waals surface area contributed by atoms with Gasteiger partial charge < -0.3 is 9.47 Å². The van der Waals surface area contributed by atoms with E-state index in [1.807, 2.05) is 36.4 Å². The molecule has 4 heteroatoms. The summed E-state index contributed by atoms with van der Waals surface area (Å²) >= 11 is 3.40. The summed E-state index contributed by atoms with van der Waals surface area (Å²) in [5, 5.41) is 0. The lowest BCUT2D eigenvalue weighted by Gasteiger charge is -2.07. The first-order valence-electron chi connectivity index (χ1n) is 6.13. The van der Waals surface area contributed by atoms with Crippen molar-refractivity contribution < 1.29 is 14.3 Å². The molecule has 0 radical (unpaired) electrons. The van der Waals surface area contributed by atoms with Gasteiger partial charge in [0.15, 0.2) is 5.78 Å². The third-order valence-corrected chi connectivity index (χ3v) is 3.69. The molecule has 0 aliphatic carbocycles. The second kappa shape index (κ2) is 6.57. The molecule has 0 amide bonds. The maximum absolute atomic E-state index is 12.3. The van der Waals surface area contributed by atoms with Crippen molar-refractivity contribution >= 4 is 21.7 Å². The molecule has 0 spiro atoms. The van der Waals surface area contributed by atoms with Crippen LogP contribution >= 0.6 is 15.9 Å². The molecule has 3 nitrogen and oxygen atoms in total. The highest BCUT2D eigenvalue weighted by molar-refractivity contribution is 9.10. The molecule has 2 aromatic rings. The standard InChI is InChI=1S/C16H15BrO3/c1-19-12-5-3-11(4-6-12)9-16(18)14-10-13(20-2)7-8-15(14)17/h3-8,10H,9H2,1-2H3. The van der Waals surface area contributed by atoms with Gasteiger partial charge in [0.2, 0.25) is 0 Å². The predicted molar refractivity (Wildman–Crippen MR) is 81.7 cm³/mol. The Labute approximate surface area is 126 Å². The number of hydrogen-bond acceptors (Lipinski definition) is 3. The normalized spacial score (nSPS) is 10.2. The minimum atomic E-state index is 0.0425. The summed E-state index contributed by atoms with van der Waals surface area (Å²) in [5.41, 5.74) is 1.57. The van der Waals surface area contributed by atoms with Gasteiger partial charge in [-0.25, -0.2) is 0 Å². The van der Waals surface area contributed by atoms with Crippen molar-refractivity contribution in [3.05, 3.63) is 58.1 Å². The Kier molecular flexibility index (Phi) is 4.79. The van der Waals surface area contributed by atoms with E-state index in [9.17, 15) is 4.79 Å². The number of ether oxygens (including phenoxy) is 2. The van der Waals surface area contributed by atoms with Crippen LogP contribution in [0.5, 0.6) is 11.5 Å². The topological polar surface area (TPSA) is 35.5 Å². The van der Waals surface area contributed by atoms with E-state index in [0.29, 0.717) is 17.7 Å². The summed E-state index contributed by atoms with van der Waals surface area (Å²) in [6, 6.07) is 12.9. The number of carbonyl (C=O) groups is 1. The van der Waals surface area contributed by atoms with Crippen LogP contribution in [0.25, 0.3) is 0 Å². The Hall–Kier alpha value is -1.81. The zero-order valence-electron chi connectivity index (χ0n) is 11.4. The monoisotopic (exact) mass is 334 g/mol. The van der Waals surface area contributed by atoms with Gasteiger partial charge in [-0.05, 0) is 35.9 Å². The summed E-state index contributed by atoms with van der Waals surface area (Å²) in [6.07, 6.45) is 0.343. The SMILES string of the molecule is COc1ccc(CC(=O)c2cc(OC)ccc2Br)cc1.